The second kappa shape index (κ2) is 13.7. The largest absolute Gasteiger partial charge is 0.497 e. The number of nitrogens with zero attached hydrogens (tertiary/aromatic N) is 1. The van der Waals surface area contributed by atoms with Gasteiger partial charge < -0.3 is 19.4 Å². The molecule has 5 rings (SSSR count). The van der Waals surface area contributed by atoms with E-state index in [1.54, 1.807) is 54.7 Å². The first-order valence-corrected chi connectivity index (χ1v) is 15.7. The van der Waals surface area contributed by atoms with Crippen molar-refractivity contribution in [2.45, 2.75) is 55.8 Å². The van der Waals surface area contributed by atoms with Gasteiger partial charge in [0.25, 0.3) is 0 Å². The molecule has 1 saturated carbocycles. The van der Waals surface area contributed by atoms with E-state index in [0.717, 1.165) is 24.0 Å². The van der Waals surface area contributed by atoms with Crippen LogP contribution < -0.4 is 14.8 Å². The Bertz CT molecular complexity index is 1600. The molecule has 1 fully saturated rings. The van der Waals surface area contributed by atoms with Crippen molar-refractivity contribution in [3.05, 3.63) is 120 Å². The average Bonchev–Trinajstić information content (AvgIpc) is 3.67. The van der Waals surface area contributed by atoms with E-state index in [9.17, 15) is 18.0 Å². The Kier molecular flexibility index (Phi) is 9.58. The van der Waals surface area contributed by atoms with Crippen molar-refractivity contribution in [2.75, 3.05) is 7.11 Å². The maximum atomic E-state index is 13.9. The lowest BCUT2D eigenvalue weighted by Gasteiger charge is -2.32. The van der Waals surface area contributed by atoms with E-state index in [-0.39, 0.29) is 42.3 Å². The van der Waals surface area contributed by atoms with E-state index in [4.69, 9.17) is 9.15 Å². The van der Waals surface area contributed by atoms with E-state index >= 15 is 0 Å². The third-order valence-electron chi connectivity index (χ3n) is 7.28. The predicted molar refractivity (Wildman–Crippen MR) is 161 cm³/mol. The van der Waals surface area contributed by atoms with E-state index in [1.165, 1.54) is 0 Å². The van der Waals surface area contributed by atoms with Crippen LogP contribution in [0.3, 0.4) is 0 Å². The average molecular weight is 602 g/mol. The van der Waals surface area contributed by atoms with Gasteiger partial charge in [-0.2, -0.15) is 0 Å². The van der Waals surface area contributed by atoms with Gasteiger partial charge in [0.2, 0.25) is 21.8 Å². The van der Waals surface area contributed by atoms with Crippen LogP contribution in [0.25, 0.3) is 0 Å². The molecular formula is C33H35N3O6S. The summed E-state index contributed by atoms with van der Waals surface area (Å²) in [5.41, 5.74) is 2.34. The summed E-state index contributed by atoms with van der Waals surface area (Å²) in [7, 11) is -1.97. The van der Waals surface area contributed by atoms with Gasteiger partial charge in [0.05, 0.1) is 24.8 Å². The summed E-state index contributed by atoms with van der Waals surface area (Å²) in [6, 6.07) is 25.8. The van der Waals surface area contributed by atoms with Crippen molar-refractivity contribution >= 4 is 21.8 Å². The molecule has 1 unspecified atom stereocenters. The van der Waals surface area contributed by atoms with Gasteiger partial charge in [-0.05, 0) is 72.4 Å². The molecule has 0 spiro atoms. The molecule has 4 aromatic rings. The monoisotopic (exact) mass is 601 g/mol. The first-order chi connectivity index (χ1) is 20.8. The van der Waals surface area contributed by atoms with Gasteiger partial charge in [-0.15, -0.1) is 0 Å². The minimum Gasteiger partial charge on any atom is -0.497 e. The third-order valence-corrected chi connectivity index (χ3v) is 8.82. The number of sulfonamides is 1. The fourth-order valence-electron chi connectivity index (χ4n) is 4.76. The van der Waals surface area contributed by atoms with Crippen molar-refractivity contribution < 1.29 is 27.2 Å². The zero-order valence-corrected chi connectivity index (χ0v) is 24.8. The summed E-state index contributed by atoms with van der Waals surface area (Å²) in [4.78, 5) is 29.5. The van der Waals surface area contributed by atoms with Crippen molar-refractivity contribution in [3.8, 4) is 5.75 Å². The fourth-order valence-corrected chi connectivity index (χ4v) is 6.07. The molecule has 0 bridgehead atoms. The molecule has 1 heterocycles. The van der Waals surface area contributed by atoms with Crippen LogP contribution in [-0.4, -0.2) is 38.3 Å². The minimum atomic E-state index is -3.56. The summed E-state index contributed by atoms with van der Waals surface area (Å²) >= 11 is 0. The second-order valence-corrected chi connectivity index (χ2v) is 12.2. The number of ether oxygens (including phenoxy) is 1. The number of carbonyl (C=O) groups is 2. The number of furan rings is 1. The number of aryl methyl sites for hydroxylation is 1. The van der Waals surface area contributed by atoms with Gasteiger partial charge in [0, 0.05) is 19.0 Å². The van der Waals surface area contributed by atoms with Crippen LogP contribution in [0.2, 0.25) is 0 Å². The molecule has 9 nitrogen and oxygen atoms in total. The summed E-state index contributed by atoms with van der Waals surface area (Å²) in [5.74, 6) is 0.744. The molecule has 1 aromatic heterocycles. The van der Waals surface area contributed by atoms with Gasteiger partial charge in [-0.3, -0.25) is 9.59 Å². The van der Waals surface area contributed by atoms with E-state index in [0.29, 0.717) is 23.5 Å². The Labute approximate surface area is 251 Å². The highest BCUT2D eigenvalue weighted by Crippen LogP contribution is 2.27. The zero-order chi connectivity index (χ0) is 30.2. The molecule has 3 aromatic carbocycles. The smallest absolute Gasteiger partial charge is 0.247 e. The molecule has 2 amide bonds. The summed E-state index contributed by atoms with van der Waals surface area (Å²) in [6.45, 7) is 0.380. The topological polar surface area (TPSA) is 118 Å². The summed E-state index contributed by atoms with van der Waals surface area (Å²) in [5, 5.41) is 2.93. The molecule has 1 aliphatic rings. The Morgan fingerprint density at radius 2 is 1.63 bits per heavy atom. The number of carbonyl (C=O) groups excluding carboxylic acids is 2. The van der Waals surface area contributed by atoms with E-state index < -0.39 is 16.1 Å². The molecule has 1 aliphatic carbocycles. The molecule has 2 N–H and O–H groups in total. The lowest BCUT2D eigenvalue weighted by Crippen LogP contribution is -2.43. The van der Waals surface area contributed by atoms with Crippen molar-refractivity contribution in [3.63, 3.8) is 0 Å². The Morgan fingerprint density at radius 1 is 0.930 bits per heavy atom. The number of amides is 2. The Balaban J connectivity index is 1.37. The van der Waals surface area contributed by atoms with E-state index in [1.807, 2.05) is 54.6 Å². The van der Waals surface area contributed by atoms with Gasteiger partial charge >= 0.3 is 0 Å². The zero-order valence-electron chi connectivity index (χ0n) is 23.9. The number of benzene rings is 3. The lowest BCUT2D eigenvalue weighted by molar-refractivity contribution is -0.141. The van der Waals surface area contributed by atoms with Gasteiger partial charge in [-0.1, -0.05) is 54.6 Å². The number of rotatable bonds is 14. The highest BCUT2D eigenvalue weighted by molar-refractivity contribution is 7.89. The third kappa shape index (κ3) is 8.12. The fraction of sp³-hybridized carbons (Fsp3) is 0.273. The quantitative estimate of drug-likeness (QED) is 0.216. The molecule has 43 heavy (non-hydrogen) atoms. The number of methoxy groups -OCH3 is 1. The molecule has 0 aliphatic heterocycles. The standard InChI is InChI=1S/C33H35N3O6S/c1-41-28-16-9-25(10-17-28)23-36(32(26-6-3-2-4-7-26)33(38)34-22-29-8-5-21-42-29)31(37)20-13-24-11-18-30(19-12-24)43(39,40)35-27-14-15-27/h2-12,16-19,21,27,32,35H,13-15,20,22-23H2,1H3,(H,34,38). The van der Waals surface area contributed by atoms with Gasteiger partial charge in [-0.25, -0.2) is 13.1 Å². The summed E-state index contributed by atoms with van der Waals surface area (Å²) in [6.07, 6.45) is 3.76. The highest BCUT2D eigenvalue weighted by atomic mass is 32.2. The van der Waals surface area contributed by atoms with Crippen LogP contribution >= 0.6 is 0 Å². The van der Waals surface area contributed by atoms with Crippen LogP contribution in [0.1, 0.15) is 47.8 Å². The van der Waals surface area contributed by atoms with Gasteiger partial charge in [0.15, 0.2) is 0 Å². The predicted octanol–water partition coefficient (Wildman–Crippen LogP) is 4.75. The van der Waals surface area contributed by atoms with E-state index in [2.05, 4.69) is 10.0 Å². The molecule has 10 heteroatoms. The van der Waals surface area contributed by atoms with Crippen LogP contribution in [0, 0.1) is 0 Å². The van der Waals surface area contributed by atoms with Crippen LogP contribution in [0.4, 0.5) is 0 Å². The van der Waals surface area contributed by atoms with Gasteiger partial charge in [0.1, 0.15) is 17.6 Å². The molecule has 224 valence electrons. The number of hydrogen-bond donors (Lipinski definition) is 2. The van der Waals surface area contributed by atoms with Crippen molar-refractivity contribution in [1.82, 2.24) is 14.9 Å². The number of hydrogen-bond acceptors (Lipinski definition) is 6. The van der Waals surface area contributed by atoms with Crippen LogP contribution in [0.5, 0.6) is 5.75 Å². The Hall–Kier alpha value is -4.41. The molecule has 0 saturated heterocycles. The van der Waals surface area contributed by atoms with Crippen molar-refractivity contribution in [2.24, 2.45) is 0 Å². The molecule has 1 atom stereocenters. The lowest BCUT2D eigenvalue weighted by atomic mass is 10.0. The molecule has 0 radical (unpaired) electrons. The van der Waals surface area contributed by atoms with Crippen molar-refractivity contribution in [1.29, 1.82) is 0 Å². The maximum Gasteiger partial charge on any atom is 0.247 e. The first kappa shape index (κ1) is 30.1. The highest BCUT2D eigenvalue weighted by Gasteiger charge is 2.32. The maximum absolute atomic E-state index is 13.9. The van der Waals surface area contributed by atoms with Crippen LogP contribution in [-0.2, 0) is 39.1 Å². The minimum absolute atomic E-state index is 0.0211. The summed E-state index contributed by atoms with van der Waals surface area (Å²) < 4.78 is 38.4. The second-order valence-electron chi connectivity index (χ2n) is 10.5. The molecular weight excluding hydrogens is 566 g/mol. The first-order valence-electron chi connectivity index (χ1n) is 14.2. The normalized spacial score (nSPS) is 13.7. The van der Waals surface area contributed by atoms with Crippen LogP contribution in [0.15, 0.2) is 107 Å². The Morgan fingerprint density at radius 3 is 2.26 bits per heavy atom. The number of nitrogens with one attached hydrogen (secondary N) is 2. The SMILES string of the molecule is COc1ccc(CN(C(=O)CCc2ccc(S(=O)(=O)NC3CC3)cc2)C(C(=O)NCc2ccco2)c2ccccc2)cc1.